The summed E-state index contributed by atoms with van der Waals surface area (Å²) < 4.78 is 0. The predicted octanol–water partition coefficient (Wildman–Crippen LogP) is 3.89. The smallest absolute Gasteiger partial charge is 0.253 e. The molecule has 2 aromatic carbocycles. The molecule has 0 radical (unpaired) electrons. The summed E-state index contributed by atoms with van der Waals surface area (Å²) in [6, 6.07) is 15.4. The van der Waals surface area contributed by atoms with Crippen LogP contribution in [0.2, 0.25) is 5.02 Å². The van der Waals surface area contributed by atoms with E-state index < -0.39 is 0 Å². The highest BCUT2D eigenvalue weighted by molar-refractivity contribution is 8.00. The molecule has 2 fully saturated rings. The number of hydrogen-bond acceptors (Lipinski definition) is 4. The third kappa shape index (κ3) is 4.66. The molecule has 0 aliphatic carbocycles. The van der Waals surface area contributed by atoms with Crippen molar-refractivity contribution in [3.8, 4) is 0 Å². The van der Waals surface area contributed by atoms with Gasteiger partial charge in [-0.15, -0.1) is 11.8 Å². The number of piperazine rings is 1. The Balaban J connectivity index is 1.44. The maximum absolute atomic E-state index is 12.8. The van der Waals surface area contributed by atoms with Gasteiger partial charge in [-0.3, -0.25) is 9.59 Å². The van der Waals surface area contributed by atoms with Gasteiger partial charge in [0, 0.05) is 43.3 Å². The molecule has 0 bridgehead atoms. The van der Waals surface area contributed by atoms with Crippen LogP contribution in [0.15, 0.2) is 48.5 Å². The highest BCUT2D eigenvalue weighted by atomic mass is 35.5. The highest BCUT2D eigenvalue weighted by Crippen LogP contribution is 2.39. The number of amides is 2. The Morgan fingerprint density at radius 3 is 2.33 bits per heavy atom. The van der Waals surface area contributed by atoms with Gasteiger partial charge >= 0.3 is 0 Å². The van der Waals surface area contributed by atoms with Crippen molar-refractivity contribution < 1.29 is 9.59 Å². The van der Waals surface area contributed by atoms with E-state index in [-0.39, 0.29) is 17.2 Å². The maximum Gasteiger partial charge on any atom is 0.253 e. The van der Waals surface area contributed by atoms with Crippen LogP contribution in [-0.2, 0) is 11.3 Å². The van der Waals surface area contributed by atoms with Gasteiger partial charge in [0.1, 0.15) is 5.37 Å². The zero-order valence-electron chi connectivity index (χ0n) is 17.1. The average molecular weight is 444 g/mol. The summed E-state index contributed by atoms with van der Waals surface area (Å²) >= 11 is 7.60. The standard InChI is InChI=1S/C23H26ClN3O2S/c1-2-25-11-13-26(14-12-25)22(29)18-5-7-19(8-6-18)23-27(21(28)16-30-23)15-17-3-9-20(24)10-4-17/h3-10,23H,2,11-16H2,1H3/t23-/m1/s1. The summed E-state index contributed by atoms with van der Waals surface area (Å²) in [5, 5.41) is 0.652. The number of likely N-dealkylation sites (N-methyl/N-ethyl adjacent to an activating group) is 1. The Bertz CT molecular complexity index is 896. The van der Waals surface area contributed by atoms with E-state index in [1.54, 1.807) is 11.8 Å². The van der Waals surface area contributed by atoms with E-state index in [0.29, 0.717) is 22.9 Å². The molecular formula is C23H26ClN3O2S. The van der Waals surface area contributed by atoms with Gasteiger partial charge in [-0.25, -0.2) is 0 Å². The molecule has 158 valence electrons. The van der Waals surface area contributed by atoms with Gasteiger partial charge in [-0.05, 0) is 41.9 Å². The van der Waals surface area contributed by atoms with Crippen molar-refractivity contribution in [1.29, 1.82) is 0 Å². The Hall–Kier alpha value is -2.02. The molecule has 2 saturated heterocycles. The summed E-state index contributed by atoms with van der Waals surface area (Å²) in [5.41, 5.74) is 2.81. The van der Waals surface area contributed by atoms with Crippen molar-refractivity contribution in [3.05, 3.63) is 70.2 Å². The fraction of sp³-hybridized carbons (Fsp3) is 0.391. The Morgan fingerprint density at radius 1 is 1.03 bits per heavy atom. The van der Waals surface area contributed by atoms with E-state index in [9.17, 15) is 9.59 Å². The SMILES string of the molecule is CCN1CCN(C(=O)c2ccc([C@H]3SCC(=O)N3Cc3ccc(Cl)cc3)cc2)CC1. The molecule has 0 aromatic heterocycles. The predicted molar refractivity (Wildman–Crippen MR) is 122 cm³/mol. The first-order valence-electron chi connectivity index (χ1n) is 10.3. The lowest BCUT2D eigenvalue weighted by Crippen LogP contribution is -2.48. The van der Waals surface area contributed by atoms with Crippen LogP contribution in [0.5, 0.6) is 0 Å². The molecule has 2 amide bonds. The average Bonchev–Trinajstić information content (AvgIpc) is 3.15. The topological polar surface area (TPSA) is 43.9 Å². The maximum atomic E-state index is 12.8. The van der Waals surface area contributed by atoms with Gasteiger partial charge in [0.15, 0.2) is 0 Å². The summed E-state index contributed by atoms with van der Waals surface area (Å²) in [5.74, 6) is 0.695. The lowest BCUT2D eigenvalue weighted by molar-refractivity contribution is -0.128. The zero-order valence-corrected chi connectivity index (χ0v) is 18.7. The van der Waals surface area contributed by atoms with E-state index in [1.165, 1.54) is 0 Å². The lowest BCUT2D eigenvalue weighted by Gasteiger charge is -2.34. The van der Waals surface area contributed by atoms with Crippen LogP contribution in [0.1, 0.15) is 33.8 Å². The van der Waals surface area contributed by atoms with E-state index in [0.717, 1.165) is 43.9 Å². The van der Waals surface area contributed by atoms with E-state index in [4.69, 9.17) is 11.6 Å². The van der Waals surface area contributed by atoms with Crippen LogP contribution >= 0.6 is 23.4 Å². The van der Waals surface area contributed by atoms with Gasteiger partial charge in [0.25, 0.3) is 5.91 Å². The Labute approximate surface area is 187 Å². The van der Waals surface area contributed by atoms with Crippen molar-refractivity contribution in [2.75, 3.05) is 38.5 Å². The Morgan fingerprint density at radius 2 is 1.70 bits per heavy atom. The fourth-order valence-electron chi connectivity index (χ4n) is 3.93. The molecule has 4 rings (SSSR count). The minimum absolute atomic E-state index is 0.0366. The number of carbonyl (C=O) groups is 2. The van der Waals surface area contributed by atoms with Crippen LogP contribution in [-0.4, -0.2) is 65.0 Å². The van der Waals surface area contributed by atoms with Crippen LogP contribution in [0.3, 0.4) is 0 Å². The number of hydrogen-bond donors (Lipinski definition) is 0. The monoisotopic (exact) mass is 443 g/mol. The number of rotatable bonds is 5. The van der Waals surface area contributed by atoms with Gasteiger partial charge in [-0.1, -0.05) is 42.8 Å². The first-order chi connectivity index (χ1) is 14.5. The van der Waals surface area contributed by atoms with Crippen molar-refractivity contribution >= 4 is 35.2 Å². The molecular weight excluding hydrogens is 418 g/mol. The molecule has 0 N–H and O–H groups in total. The summed E-state index contributed by atoms with van der Waals surface area (Å²) in [4.78, 5) is 31.5. The minimum Gasteiger partial charge on any atom is -0.336 e. The summed E-state index contributed by atoms with van der Waals surface area (Å²) in [6.07, 6.45) is 0. The third-order valence-corrected chi connectivity index (χ3v) is 7.29. The van der Waals surface area contributed by atoms with Gasteiger partial charge < -0.3 is 14.7 Å². The minimum atomic E-state index is -0.0366. The molecule has 30 heavy (non-hydrogen) atoms. The number of benzene rings is 2. The van der Waals surface area contributed by atoms with Crippen LogP contribution in [0.4, 0.5) is 0 Å². The number of thioether (sulfide) groups is 1. The van der Waals surface area contributed by atoms with Crippen LogP contribution in [0.25, 0.3) is 0 Å². The molecule has 2 aromatic rings. The lowest BCUT2D eigenvalue weighted by atomic mass is 10.1. The van der Waals surface area contributed by atoms with Crippen LogP contribution < -0.4 is 0 Å². The molecule has 2 aliphatic heterocycles. The number of nitrogens with zero attached hydrogens (tertiary/aromatic N) is 3. The molecule has 1 atom stereocenters. The summed E-state index contributed by atoms with van der Waals surface area (Å²) in [7, 11) is 0. The number of carbonyl (C=O) groups excluding carboxylic acids is 2. The second-order valence-electron chi connectivity index (χ2n) is 7.66. The van der Waals surface area contributed by atoms with Gasteiger partial charge in [0.2, 0.25) is 5.91 Å². The third-order valence-electron chi connectivity index (χ3n) is 5.78. The molecule has 7 heteroatoms. The molecule has 0 unspecified atom stereocenters. The second-order valence-corrected chi connectivity index (χ2v) is 9.16. The molecule has 2 aliphatic rings. The number of halogens is 1. The Kier molecular flexibility index (Phi) is 6.66. The van der Waals surface area contributed by atoms with Gasteiger partial charge in [-0.2, -0.15) is 0 Å². The van der Waals surface area contributed by atoms with Gasteiger partial charge in [0.05, 0.1) is 5.75 Å². The normalized spacial score (nSPS) is 20.1. The zero-order chi connectivity index (χ0) is 21.1. The highest BCUT2D eigenvalue weighted by Gasteiger charge is 2.33. The van der Waals surface area contributed by atoms with Crippen molar-refractivity contribution in [1.82, 2.24) is 14.7 Å². The van der Waals surface area contributed by atoms with Crippen molar-refractivity contribution in [2.45, 2.75) is 18.8 Å². The first kappa shape index (κ1) is 21.2. The second kappa shape index (κ2) is 9.41. The summed E-state index contributed by atoms with van der Waals surface area (Å²) in [6.45, 7) is 7.14. The van der Waals surface area contributed by atoms with E-state index in [2.05, 4.69) is 11.8 Å². The molecule has 0 saturated carbocycles. The quantitative estimate of drug-likeness (QED) is 0.703. The molecule has 0 spiro atoms. The van der Waals surface area contributed by atoms with Crippen molar-refractivity contribution in [3.63, 3.8) is 0 Å². The fourth-order valence-corrected chi connectivity index (χ4v) is 5.24. The molecule has 5 nitrogen and oxygen atoms in total. The van der Waals surface area contributed by atoms with E-state index >= 15 is 0 Å². The van der Waals surface area contributed by atoms with E-state index in [1.807, 2.05) is 58.3 Å². The first-order valence-corrected chi connectivity index (χ1v) is 11.7. The van der Waals surface area contributed by atoms with Crippen molar-refractivity contribution in [2.24, 2.45) is 0 Å². The van der Waals surface area contributed by atoms with Crippen LogP contribution in [0, 0.1) is 0 Å². The largest absolute Gasteiger partial charge is 0.336 e. The molecule has 2 heterocycles.